The van der Waals surface area contributed by atoms with Crippen LogP contribution >= 0.6 is 15.9 Å². The van der Waals surface area contributed by atoms with E-state index in [-0.39, 0.29) is 5.82 Å². The molecule has 5 heteroatoms. The number of hydrogen-bond acceptors (Lipinski definition) is 3. The van der Waals surface area contributed by atoms with Crippen LogP contribution in [0.1, 0.15) is 18.1 Å². The monoisotopic (exact) mass is 367 g/mol. The molecule has 0 aliphatic carbocycles. The minimum absolute atomic E-state index is 0.254. The van der Waals surface area contributed by atoms with Gasteiger partial charge in [0.1, 0.15) is 18.2 Å². The van der Waals surface area contributed by atoms with E-state index in [1.165, 1.54) is 12.1 Å². The Morgan fingerprint density at radius 3 is 2.64 bits per heavy atom. The molecule has 2 rings (SSSR count). The molecule has 2 aromatic carbocycles. The van der Waals surface area contributed by atoms with Gasteiger partial charge in [-0.05, 0) is 42.8 Å². The molecule has 3 nitrogen and oxygen atoms in total. The third-order valence-corrected chi connectivity index (χ3v) is 3.58. The summed E-state index contributed by atoms with van der Waals surface area (Å²) in [7, 11) is 0. The van der Waals surface area contributed by atoms with E-state index in [1.54, 1.807) is 19.1 Å². The number of halogens is 2. The molecule has 22 heavy (non-hydrogen) atoms. The number of hydrogen-bond donors (Lipinski definition) is 2. The Labute approximate surface area is 138 Å². The fraction of sp³-hybridized carbons (Fsp3) is 0.294. The Morgan fingerprint density at radius 2 is 1.95 bits per heavy atom. The van der Waals surface area contributed by atoms with E-state index < -0.39 is 6.10 Å². The van der Waals surface area contributed by atoms with E-state index in [2.05, 4.69) is 21.2 Å². The minimum atomic E-state index is -0.393. The van der Waals surface area contributed by atoms with Crippen LogP contribution in [0.15, 0.2) is 46.9 Å². The zero-order chi connectivity index (χ0) is 15.9. The highest BCUT2D eigenvalue weighted by Crippen LogP contribution is 2.24. The molecule has 0 aliphatic heterocycles. The van der Waals surface area contributed by atoms with Crippen molar-refractivity contribution in [3.63, 3.8) is 0 Å². The zero-order valence-corrected chi connectivity index (χ0v) is 13.9. The first-order chi connectivity index (χ1) is 10.5. The maximum atomic E-state index is 12.9. The predicted octanol–water partition coefficient (Wildman–Crippen LogP) is 3.64. The van der Waals surface area contributed by atoms with Crippen molar-refractivity contribution in [3.8, 4) is 5.75 Å². The molecule has 0 amide bonds. The summed E-state index contributed by atoms with van der Waals surface area (Å²) in [4.78, 5) is 0. The molecule has 0 saturated heterocycles. The van der Waals surface area contributed by atoms with Crippen molar-refractivity contribution in [3.05, 3.63) is 63.9 Å². The molecule has 0 fully saturated rings. The van der Waals surface area contributed by atoms with E-state index in [9.17, 15) is 9.50 Å². The molecule has 0 heterocycles. The maximum absolute atomic E-state index is 12.9. The van der Waals surface area contributed by atoms with Crippen LogP contribution < -0.4 is 10.1 Å². The smallest absolute Gasteiger partial charge is 0.124 e. The molecule has 1 unspecified atom stereocenters. The van der Waals surface area contributed by atoms with Gasteiger partial charge >= 0.3 is 0 Å². The molecule has 118 valence electrons. The second kappa shape index (κ2) is 8.27. The van der Waals surface area contributed by atoms with Gasteiger partial charge in [-0.15, -0.1) is 0 Å². The highest BCUT2D eigenvalue weighted by atomic mass is 79.9. The lowest BCUT2D eigenvalue weighted by atomic mass is 10.2. The van der Waals surface area contributed by atoms with E-state index in [0.717, 1.165) is 21.3 Å². The van der Waals surface area contributed by atoms with E-state index in [1.807, 2.05) is 18.2 Å². The molecule has 0 radical (unpaired) electrons. The Morgan fingerprint density at radius 1 is 1.23 bits per heavy atom. The van der Waals surface area contributed by atoms with Gasteiger partial charge in [-0.2, -0.15) is 0 Å². The van der Waals surface area contributed by atoms with Crippen molar-refractivity contribution in [1.29, 1.82) is 0 Å². The van der Waals surface area contributed by atoms with Crippen LogP contribution in [0.4, 0.5) is 4.39 Å². The molecule has 2 N–H and O–H groups in total. The van der Waals surface area contributed by atoms with Crippen molar-refractivity contribution in [1.82, 2.24) is 5.32 Å². The van der Waals surface area contributed by atoms with Crippen LogP contribution in [0.3, 0.4) is 0 Å². The van der Waals surface area contributed by atoms with Crippen molar-refractivity contribution in [2.75, 3.05) is 6.54 Å². The molecule has 1 atom stereocenters. The number of ether oxygens (including phenoxy) is 1. The van der Waals surface area contributed by atoms with E-state index in [0.29, 0.717) is 19.7 Å². The first kappa shape index (κ1) is 16.9. The van der Waals surface area contributed by atoms with Crippen LogP contribution in [-0.2, 0) is 13.2 Å². The molecule has 2 aromatic rings. The van der Waals surface area contributed by atoms with Gasteiger partial charge in [0.25, 0.3) is 0 Å². The van der Waals surface area contributed by atoms with Crippen molar-refractivity contribution >= 4 is 15.9 Å². The third kappa shape index (κ3) is 5.40. The highest BCUT2D eigenvalue weighted by molar-refractivity contribution is 9.10. The molecule has 0 bridgehead atoms. The SMILES string of the molecule is CC(O)CNCc1cc(Br)ccc1OCc1ccc(F)cc1. The summed E-state index contributed by atoms with van der Waals surface area (Å²) in [5, 5.41) is 12.5. The van der Waals surface area contributed by atoms with Crippen molar-refractivity contribution in [2.24, 2.45) is 0 Å². The zero-order valence-electron chi connectivity index (χ0n) is 12.4. The largest absolute Gasteiger partial charge is 0.489 e. The second-order valence-corrected chi connectivity index (χ2v) is 6.06. The van der Waals surface area contributed by atoms with Crippen molar-refractivity contribution in [2.45, 2.75) is 26.2 Å². The lowest BCUT2D eigenvalue weighted by Gasteiger charge is -2.13. The Kier molecular flexibility index (Phi) is 6.36. The maximum Gasteiger partial charge on any atom is 0.124 e. The van der Waals surface area contributed by atoms with E-state index in [4.69, 9.17) is 4.74 Å². The van der Waals surface area contributed by atoms with Gasteiger partial charge in [-0.3, -0.25) is 0 Å². The summed E-state index contributed by atoms with van der Waals surface area (Å²) < 4.78 is 19.7. The average Bonchev–Trinajstić information content (AvgIpc) is 2.48. The van der Waals surface area contributed by atoms with Gasteiger partial charge in [0.05, 0.1) is 6.10 Å². The van der Waals surface area contributed by atoms with Gasteiger partial charge in [0, 0.05) is 23.1 Å². The topological polar surface area (TPSA) is 41.5 Å². The summed E-state index contributed by atoms with van der Waals surface area (Å²) in [5.74, 6) is 0.515. The second-order valence-electron chi connectivity index (χ2n) is 5.15. The van der Waals surface area contributed by atoms with Crippen LogP contribution in [0.25, 0.3) is 0 Å². The summed E-state index contributed by atoms with van der Waals surface area (Å²) in [6.45, 7) is 3.23. The van der Waals surface area contributed by atoms with Crippen LogP contribution in [0, 0.1) is 5.82 Å². The van der Waals surface area contributed by atoms with Crippen LogP contribution in [0.2, 0.25) is 0 Å². The summed E-state index contributed by atoms with van der Waals surface area (Å²) in [6.07, 6.45) is -0.393. The number of nitrogens with one attached hydrogen (secondary N) is 1. The third-order valence-electron chi connectivity index (χ3n) is 3.09. The van der Waals surface area contributed by atoms with Gasteiger partial charge in [0.2, 0.25) is 0 Å². The normalized spacial score (nSPS) is 12.2. The molecule has 0 spiro atoms. The van der Waals surface area contributed by atoms with Gasteiger partial charge in [0.15, 0.2) is 0 Å². The lowest BCUT2D eigenvalue weighted by Crippen LogP contribution is -2.24. The fourth-order valence-electron chi connectivity index (χ4n) is 1.98. The number of aliphatic hydroxyl groups excluding tert-OH is 1. The molecular formula is C17H19BrFNO2. The first-order valence-corrected chi connectivity index (χ1v) is 7.88. The standard InChI is InChI=1S/C17H19BrFNO2/c1-12(21)9-20-10-14-8-15(18)4-7-17(14)22-11-13-2-5-16(19)6-3-13/h2-8,12,20-21H,9-11H2,1H3. The average molecular weight is 368 g/mol. The summed E-state index contributed by atoms with van der Waals surface area (Å²) in [6, 6.07) is 12.1. The first-order valence-electron chi connectivity index (χ1n) is 7.09. The Bertz CT molecular complexity index is 602. The van der Waals surface area contributed by atoms with Crippen molar-refractivity contribution < 1.29 is 14.2 Å². The van der Waals surface area contributed by atoms with Crippen LogP contribution in [0.5, 0.6) is 5.75 Å². The summed E-state index contributed by atoms with van der Waals surface area (Å²) >= 11 is 3.45. The molecule has 0 saturated carbocycles. The minimum Gasteiger partial charge on any atom is -0.489 e. The highest BCUT2D eigenvalue weighted by Gasteiger charge is 2.06. The Hall–Kier alpha value is -1.43. The Balaban J connectivity index is 2.01. The van der Waals surface area contributed by atoms with Crippen LogP contribution in [-0.4, -0.2) is 17.8 Å². The number of benzene rings is 2. The van der Waals surface area contributed by atoms with Gasteiger partial charge in [-0.1, -0.05) is 28.1 Å². The van der Waals surface area contributed by atoms with Gasteiger partial charge < -0.3 is 15.2 Å². The fourth-order valence-corrected chi connectivity index (χ4v) is 2.39. The molecule has 0 aliphatic rings. The number of aliphatic hydroxyl groups is 1. The lowest BCUT2D eigenvalue weighted by molar-refractivity contribution is 0.190. The van der Waals surface area contributed by atoms with E-state index >= 15 is 0 Å². The molecule has 0 aromatic heterocycles. The van der Waals surface area contributed by atoms with Gasteiger partial charge in [-0.25, -0.2) is 4.39 Å². The summed E-state index contributed by atoms with van der Waals surface area (Å²) in [5.41, 5.74) is 1.91. The number of rotatable bonds is 7. The quantitative estimate of drug-likeness (QED) is 0.784. The molecular weight excluding hydrogens is 349 g/mol. The predicted molar refractivity (Wildman–Crippen MR) is 88.3 cm³/mol.